The first-order chi connectivity index (χ1) is 13.3. The highest BCUT2D eigenvalue weighted by Crippen LogP contribution is 2.39. The molecule has 3 aromatic heterocycles. The molecule has 0 saturated heterocycles. The quantitative estimate of drug-likeness (QED) is 0.415. The van der Waals surface area contributed by atoms with Gasteiger partial charge in [0.15, 0.2) is 5.82 Å². The van der Waals surface area contributed by atoms with Crippen LogP contribution in [0, 0.1) is 5.82 Å². The molecule has 0 aliphatic heterocycles. The van der Waals surface area contributed by atoms with Crippen LogP contribution in [-0.4, -0.2) is 25.1 Å². The van der Waals surface area contributed by atoms with Gasteiger partial charge in [-0.25, -0.2) is 9.37 Å². The van der Waals surface area contributed by atoms with Gasteiger partial charge in [-0.3, -0.25) is 5.10 Å². The molecule has 8 heteroatoms. The molecule has 1 saturated carbocycles. The van der Waals surface area contributed by atoms with Gasteiger partial charge < -0.3 is 15.6 Å². The summed E-state index contributed by atoms with van der Waals surface area (Å²) in [5.74, 6) is 2.13. The van der Waals surface area contributed by atoms with Crippen molar-refractivity contribution in [3.8, 4) is 0 Å². The second-order valence-corrected chi connectivity index (χ2v) is 6.69. The van der Waals surface area contributed by atoms with E-state index in [0.29, 0.717) is 29.8 Å². The lowest BCUT2D eigenvalue weighted by Crippen LogP contribution is -2.06. The van der Waals surface area contributed by atoms with Gasteiger partial charge in [0.25, 0.3) is 0 Å². The van der Waals surface area contributed by atoms with Crippen LogP contribution in [0.5, 0.6) is 0 Å². The molecule has 1 aromatic carbocycles. The normalized spacial score (nSPS) is 13.8. The molecule has 0 unspecified atom stereocenters. The maximum Gasteiger partial charge on any atom is 0.224 e. The van der Waals surface area contributed by atoms with Crippen LogP contribution in [0.25, 0.3) is 10.9 Å². The molecular formula is C19H18FN7. The number of hydrogen-bond donors (Lipinski definition) is 4. The van der Waals surface area contributed by atoms with Crippen LogP contribution in [0.2, 0.25) is 0 Å². The van der Waals surface area contributed by atoms with Gasteiger partial charge in [-0.1, -0.05) is 0 Å². The van der Waals surface area contributed by atoms with Crippen molar-refractivity contribution in [2.75, 3.05) is 10.6 Å². The molecule has 7 nitrogen and oxygen atoms in total. The SMILES string of the molecule is Fc1ccc2[nH]ccc2c1CNc1nccc(Nc2cc(C3CC3)[nH]n2)n1. The Hall–Kier alpha value is -3.42. The average Bonchev–Trinajstić information content (AvgIpc) is 3.23. The topological polar surface area (TPSA) is 94.3 Å². The van der Waals surface area contributed by atoms with Crippen molar-refractivity contribution in [1.82, 2.24) is 25.1 Å². The van der Waals surface area contributed by atoms with E-state index in [0.717, 1.165) is 22.4 Å². The number of nitrogens with zero attached hydrogens (tertiary/aromatic N) is 3. The summed E-state index contributed by atoms with van der Waals surface area (Å²) in [5.41, 5.74) is 2.63. The fourth-order valence-electron chi connectivity index (χ4n) is 3.17. The predicted molar refractivity (Wildman–Crippen MR) is 101 cm³/mol. The third kappa shape index (κ3) is 3.21. The molecule has 1 aliphatic rings. The lowest BCUT2D eigenvalue weighted by atomic mass is 10.1. The van der Waals surface area contributed by atoms with Gasteiger partial charge in [-0.05, 0) is 37.1 Å². The lowest BCUT2D eigenvalue weighted by molar-refractivity contribution is 0.615. The Bertz CT molecular complexity index is 1100. The van der Waals surface area contributed by atoms with Crippen molar-refractivity contribution in [3.05, 3.63) is 59.8 Å². The Morgan fingerprint density at radius 2 is 2.07 bits per heavy atom. The molecule has 1 fully saturated rings. The van der Waals surface area contributed by atoms with E-state index in [-0.39, 0.29) is 5.82 Å². The van der Waals surface area contributed by atoms with E-state index in [9.17, 15) is 4.39 Å². The number of benzene rings is 1. The summed E-state index contributed by atoms with van der Waals surface area (Å²) in [6, 6.07) is 8.83. The van der Waals surface area contributed by atoms with Crippen molar-refractivity contribution < 1.29 is 4.39 Å². The summed E-state index contributed by atoms with van der Waals surface area (Å²) in [7, 11) is 0. The lowest BCUT2D eigenvalue weighted by Gasteiger charge is -2.09. The molecular weight excluding hydrogens is 345 g/mol. The molecule has 0 atom stereocenters. The van der Waals surface area contributed by atoms with E-state index < -0.39 is 0 Å². The number of hydrogen-bond acceptors (Lipinski definition) is 5. The molecule has 3 heterocycles. The molecule has 136 valence electrons. The Morgan fingerprint density at radius 1 is 1.15 bits per heavy atom. The maximum atomic E-state index is 14.2. The summed E-state index contributed by atoms with van der Waals surface area (Å²) in [6.45, 7) is 0.290. The van der Waals surface area contributed by atoms with Gasteiger partial charge in [0.2, 0.25) is 5.95 Å². The first-order valence-electron chi connectivity index (χ1n) is 8.90. The molecule has 1 aliphatic carbocycles. The monoisotopic (exact) mass is 363 g/mol. The number of anilines is 3. The Morgan fingerprint density at radius 3 is 2.96 bits per heavy atom. The van der Waals surface area contributed by atoms with E-state index in [1.807, 2.05) is 12.1 Å². The third-order valence-corrected chi connectivity index (χ3v) is 4.74. The van der Waals surface area contributed by atoms with Crippen molar-refractivity contribution in [2.24, 2.45) is 0 Å². The summed E-state index contributed by atoms with van der Waals surface area (Å²) < 4.78 is 14.2. The molecule has 4 aromatic rings. The highest BCUT2D eigenvalue weighted by molar-refractivity contribution is 5.83. The van der Waals surface area contributed by atoms with Gasteiger partial charge in [-0.2, -0.15) is 10.1 Å². The fourth-order valence-corrected chi connectivity index (χ4v) is 3.17. The minimum absolute atomic E-state index is 0.256. The first kappa shape index (κ1) is 15.8. The minimum atomic E-state index is -0.256. The zero-order valence-corrected chi connectivity index (χ0v) is 14.5. The highest BCUT2D eigenvalue weighted by Gasteiger charge is 2.25. The first-order valence-corrected chi connectivity index (χ1v) is 8.90. The van der Waals surface area contributed by atoms with Crippen molar-refractivity contribution in [3.63, 3.8) is 0 Å². The van der Waals surface area contributed by atoms with E-state index in [4.69, 9.17) is 0 Å². The van der Waals surface area contributed by atoms with E-state index >= 15 is 0 Å². The van der Waals surface area contributed by atoms with E-state index in [2.05, 4.69) is 35.8 Å². The van der Waals surface area contributed by atoms with Crippen LogP contribution in [0.3, 0.4) is 0 Å². The molecule has 0 amide bonds. The van der Waals surface area contributed by atoms with Crippen LogP contribution >= 0.6 is 0 Å². The molecule has 27 heavy (non-hydrogen) atoms. The van der Waals surface area contributed by atoms with Crippen molar-refractivity contribution in [2.45, 2.75) is 25.3 Å². The number of nitrogens with one attached hydrogen (secondary N) is 4. The number of rotatable bonds is 6. The Labute approximate surface area is 154 Å². The number of halogens is 1. The number of H-pyrrole nitrogens is 2. The van der Waals surface area contributed by atoms with Crippen LogP contribution in [-0.2, 0) is 6.54 Å². The van der Waals surface area contributed by atoms with Crippen molar-refractivity contribution >= 4 is 28.5 Å². The molecule has 0 spiro atoms. The standard InChI is InChI=1S/C19H18FN7/c20-14-3-4-15-12(5-7-21-15)13(14)10-23-19-22-8-6-17(25-19)24-18-9-16(26-27-18)11-1-2-11/h3-9,11,21H,1-2,10H2,(H3,22,23,24,25,26,27). The van der Waals surface area contributed by atoms with Gasteiger partial charge in [0, 0.05) is 53.1 Å². The minimum Gasteiger partial charge on any atom is -0.361 e. The second-order valence-electron chi connectivity index (χ2n) is 6.69. The molecule has 0 bridgehead atoms. The van der Waals surface area contributed by atoms with Crippen molar-refractivity contribution in [1.29, 1.82) is 0 Å². The Balaban J connectivity index is 1.31. The second kappa shape index (κ2) is 6.39. The number of fused-ring (bicyclic) bond motifs is 1. The highest BCUT2D eigenvalue weighted by atomic mass is 19.1. The smallest absolute Gasteiger partial charge is 0.224 e. The van der Waals surface area contributed by atoms with Crippen LogP contribution in [0.4, 0.5) is 22.0 Å². The zero-order valence-electron chi connectivity index (χ0n) is 14.5. The molecule has 5 rings (SSSR count). The third-order valence-electron chi connectivity index (χ3n) is 4.74. The van der Waals surface area contributed by atoms with Gasteiger partial charge in [0.1, 0.15) is 11.6 Å². The number of aromatic nitrogens is 5. The number of aromatic amines is 2. The van der Waals surface area contributed by atoms with Gasteiger partial charge in [0.05, 0.1) is 0 Å². The van der Waals surface area contributed by atoms with Gasteiger partial charge in [-0.15, -0.1) is 0 Å². The van der Waals surface area contributed by atoms with Gasteiger partial charge >= 0.3 is 0 Å². The predicted octanol–water partition coefficient (Wildman–Crippen LogP) is 4.05. The summed E-state index contributed by atoms with van der Waals surface area (Å²) in [6.07, 6.45) is 5.88. The van der Waals surface area contributed by atoms with Crippen LogP contribution in [0.1, 0.15) is 30.0 Å². The maximum absolute atomic E-state index is 14.2. The average molecular weight is 363 g/mol. The molecule has 0 radical (unpaired) electrons. The van der Waals surface area contributed by atoms with E-state index in [1.54, 1.807) is 24.5 Å². The summed E-state index contributed by atoms with van der Waals surface area (Å²) in [5, 5.41) is 14.4. The summed E-state index contributed by atoms with van der Waals surface area (Å²) in [4.78, 5) is 11.7. The fraction of sp³-hybridized carbons (Fsp3) is 0.211. The zero-order chi connectivity index (χ0) is 18.2. The van der Waals surface area contributed by atoms with E-state index in [1.165, 1.54) is 18.9 Å². The molecule has 4 N–H and O–H groups in total. The van der Waals surface area contributed by atoms with Crippen LogP contribution < -0.4 is 10.6 Å². The largest absolute Gasteiger partial charge is 0.361 e. The summed E-state index contributed by atoms with van der Waals surface area (Å²) >= 11 is 0. The Kier molecular flexibility index (Phi) is 3.74. The van der Waals surface area contributed by atoms with Crippen LogP contribution in [0.15, 0.2) is 42.7 Å².